The molecule has 1 aromatic carbocycles. The van der Waals surface area contributed by atoms with Crippen LogP contribution in [0, 0.1) is 0 Å². The van der Waals surface area contributed by atoms with Gasteiger partial charge in [0, 0.05) is 5.02 Å². The third-order valence-electron chi connectivity index (χ3n) is 2.26. The number of halogens is 1. The molecule has 0 spiro atoms. The van der Waals surface area contributed by atoms with Gasteiger partial charge in [0.2, 0.25) is 0 Å². The summed E-state index contributed by atoms with van der Waals surface area (Å²) < 4.78 is 0.986. The van der Waals surface area contributed by atoms with Crippen LogP contribution in [0.2, 0.25) is 5.02 Å². The van der Waals surface area contributed by atoms with Gasteiger partial charge in [-0.3, -0.25) is 0 Å². The standard InChI is InChI=1S/C11H8BClO2S/c12-10-8(5-9(16-10)11(14)15)6-2-1-3-7(13)4-6/h1-5H,12H2,(H,14,15). The Balaban J connectivity index is 2.52. The Labute approximate surface area is 103 Å². The second-order valence-corrected chi connectivity index (χ2v) is 5.09. The van der Waals surface area contributed by atoms with Gasteiger partial charge in [-0.2, -0.15) is 0 Å². The number of hydrogen-bond donors (Lipinski definition) is 1. The van der Waals surface area contributed by atoms with Crippen LogP contribution in [0.5, 0.6) is 0 Å². The van der Waals surface area contributed by atoms with E-state index >= 15 is 0 Å². The van der Waals surface area contributed by atoms with Crippen molar-refractivity contribution in [3.8, 4) is 11.1 Å². The lowest BCUT2D eigenvalue weighted by Crippen LogP contribution is -1.97. The molecule has 1 aromatic heterocycles. The van der Waals surface area contributed by atoms with Crippen molar-refractivity contribution in [3.63, 3.8) is 0 Å². The summed E-state index contributed by atoms with van der Waals surface area (Å²) >= 11 is 7.18. The summed E-state index contributed by atoms with van der Waals surface area (Å²) in [6.45, 7) is 0. The van der Waals surface area contributed by atoms with Crippen molar-refractivity contribution in [2.45, 2.75) is 0 Å². The van der Waals surface area contributed by atoms with Crippen LogP contribution in [0.3, 0.4) is 0 Å². The summed E-state index contributed by atoms with van der Waals surface area (Å²) in [5.41, 5.74) is 1.89. The van der Waals surface area contributed by atoms with Crippen LogP contribution >= 0.6 is 22.9 Å². The second-order valence-electron chi connectivity index (χ2n) is 3.40. The maximum Gasteiger partial charge on any atom is 0.345 e. The van der Waals surface area contributed by atoms with E-state index in [1.54, 1.807) is 12.1 Å². The molecule has 0 saturated heterocycles. The summed E-state index contributed by atoms with van der Waals surface area (Å²) in [5, 5.41) is 9.56. The van der Waals surface area contributed by atoms with E-state index in [1.807, 2.05) is 26.0 Å². The average Bonchev–Trinajstić information content (AvgIpc) is 2.60. The molecule has 2 rings (SSSR count). The monoisotopic (exact) mass is 250 g/mol. The highest BCUT2D eigenvalue weighted by Crippen LogP contribution is 2.25. The lowest BCUT2D eigenvalue weighted by atomic mass is 9.97. The number of carboxylic acid groups (broad SMARTS) is 1. The van der Waals surface area contributed by atoms with E-state index in [0.29, 0.717) is 9.90 Å². The number of carbonyl (C=O) groups is 1. The molecule has 1 N–H and O–H groups in total. The average molecular weight is 251 g/mol. The molecule has 0 fully saturated rings. The van der Waals surface area contributed by atoms with Gasteiger partial charge in [-0.05, 0) is 34.1 Å². The van der Waals surface area contributed by atoms with Gasteiger partial charge < -0.3 is 5.11 Å². The van der Waals surface area contributed by atoms with Crippen LogP contribution in [-0.2, 0) is 0 Å². The number of aromatic carboxylic acids is 1. The number of rotatable bonds is 2. The molecule has 1 heterocycles. The molecular formula is C11H8BClO2S. The molecule has 0 amide bonds. The van der Waals surface area contributed by atoms with Gasteiger partial charge >= 0.3 is 5.97 Å². The number of thiophene rings is 1. The summed E-state index contributed by atoms with van der Waals surface area (Å²) in [6, 6.07) is 9.10. The lowest BCUT2D eigenvalue weighted by Gasteiger charge is -2.00. The third kappa shape index (κ3) is 2.13. The summed E-state index contributed by atoms with van der Waals surface area (Å²) in [5.74, 6) is -0.888. The fourth-order valence-electron chi connectivity index (χ4n) is 1.53. The molecule has 0 aliphatic rings. The number of carboxylic acids is 1. The highest BCUT2D eigenvalue weighted by molar-refractivity contribution is 7.22. The minimum absolute atomic E-state index is 0.354. The first-order valence-electron chi connectivity index (χ1n) is 4.67. The molecule has 0 bridgehead atoms. The van der Waals surface area contributed by atoms with E-state index in [0.717, 1.165) is 15.9 Å². The van der Waals surface area contributed by atoms with Crippen LogP contribution < -0.4 is 4.78 Å². The van der Waals surface area contributed by atoms with Gasteiger partial charge in [0.15, 0.2) is 7.85 Å². The largest absolute Gasteiger partial charge is 0.477 e. The van der Waals surface area contributed by atoms with Gasteiger partial charge in [-0.25, -0.2) is 4.79 Å². The third-order valence-corrected chi connectivity index (χ3v) is 3.54. The minimum atomic E-state index is -0.888. The highest BCUT2D eigenvalue weighted by atomic mass is 35.5. The summed E-state index contributed by atoms with van der Waals surface area (Å²) in [4.78, 5) is 11.2. The zero-order chi connectivity index (χ0) is 11.7. The van der Waals surface area contributed by atoms with Crippen LogP contribution in [0.15, 0.2) is 30.3 Å². The maximum absolute atomic E-state index is 10.8. The maximum atomic E-state index is 10.8. The topological polar surface area (TPSA) is 37.3 Å². The Bertz CT molecular complexity index is 551. The second kappa shape index (κ2) is 4.32. The predicted octanol–water partition coefficient (Wildman–Crippen LogP) is 2.03. The first-order valence-corrected chi connectivity index (χ1v) is 5.87. The van der Waals surface area contributed by atoms with Gasteiger partial charge in [0.05, 0.1) is 0 Å². The quantitative estimate of drug-likeness (QED) is 0.828. The first-order chi connectivity index (χ1) is 7.58. The van der Waals surface area contributed by atoms with E-state index in [-0.39, 0.29) is 0 Å². The highest BCUT2D eigenvalue weighted by Gasteiger charge is 2.12. The van der Waals surface area contributed by atoms with Gasteiger partial charge in [-0.15, -0.1) is 11.3 Å². The normalized spacial score (nSPS) is 10.3. The van der Waals surface area contributed by atoms with Crippen LogP contribution in [-0.4, -0.2) is 18.9 Å². The van der Waals surface area contributed by atoms with E-state index in [1.165, 1.54) is 11.3 Å². The molecule has 2 aromatic rings. The van der Waals surface area contributed by atoms with Crippen molar-refractivity contribution in [2.75, 3.05) is 0 Å². The molecule has 5 heteroatoms. The van der Waals surface area contributed by atoms with Crippen molar-refractivity contribution >= 4 is 41.5 Å². The van der Waals surface area contributed by atoms with Crippen LogP contribution in [0.25, 0.3) is 11.1 Å². The fraction of sp³-hybridized carbons (Fsp3) is 0. The Kier molecular flexibility index (Phi) is 3.03. The van der Waals surface area contributed by atoms with Crippen molar-refractivity contribution in [1.29, 1.82) is 0 Å². The zero-order valence-electron chi connectivity index (χ0n) is 8.53. The predicted molar refractivity (Wildman–Crippen MR) is 69.9 cm³/mol. The Morgan fingerprint density at radius 1 is 1.38 bits per heavy atom. The molecule has 0 aliphatic heterocycles. The van der Waals surface area contributed by atoms with Crippen molar-refractivity contribution < 1.29 is 9.90 Å². The van der Waals surface area contributed by atoms with Gasteiger partial charge in [0.1, 0.15) is 4.88 Å². The SMILES string of the molecule is Bc1sc(C(=O)O)cc1-c1cccc(Cl)c1. The van der Waals surface area contributed by atoms with Crippen LogP contribution in [0.1, 0.15) is 9.67 Å². The lowest BCUT2D eigenvalue weighted by molar-refractivity contribution is 0.0702. The van der Waals surface area contributed by atoms with E-state index in [4.69, 9.17) is 16.7 Å². The number of hydrogen-bond acceptors (Lipinski definition) is 2. The Hall–Kier alpha value is -1.26. The van der Waals surface area contributed by atoms with E-state index in [9.17, 15) is 4.79 Å². The molecule has 0 atom stereocenters. The molecule has 0 saturated carbocycles. The molecule has 80 valence electrons. The molecular weight excluding hydrogens is 242 g/mol. The Morgan fingerprint density at radius 3 is 2.69 bits per heavy atom. The molecule has 2 nitrogen and oxygen atoms in total. The van der Waals surface area contributed by atoms with Gasteiger partial charge in [-0.1, -0.05) is 23.7 Å². The first kappa shape index (κ1) is 11.2. The van der Waals surface area contributed by atoms with E-state index < -0.39 is 5.97 Å². The van der Waals surface area contributed by atoms with Crippen molar-refractivity contribution in [3.05, 3.63) is 40.2 Å². The minimum Gasteiger partial charge on any atom is -0.477 e. The zero-order valence-corrected chi connectivity index (χ0v) is 10.1. The van der Waals surface area contributed by atoms with Crippen molar-refractivity contribution in [1.82, 2.24) is 0 Å². The van der Waals surface area contributed by atoms with E-state index in [2.05, 4.69) is 0 Å². The molecule has 0 radical (unpaired) electrons. The van der Waals surface area contributed by atoms with Crippen LogP contribution in [0.4, 0.5) is 0 Å². The smallest absolute Gasteiger partial charge is 0.345 e. The van der Waals surface area contributed by atoms with Crippen molar-refractivity contribution in [2.24, 2.45) is 0 Å². The molecule has 0 aliphatic carbocycles. The molecule has 16 heavy (non-hydrogen) atoms. The fourth-order valence-corrected chi connectivity index (χ4v) is 2.60. The Morgan fingerprint density at radius 2 is 2.12 bits per heavy atom. The number of benzene rings is 1. The summed E-state index contributed by atoms with van der Waals surface area (Å²) in [6.07, 6.45) is 0. The molecule has 0 unspecified atom stereocenters. The summed E-state index contributed by atoms with van der Waals surface area (Å²) in [7, 11) is 1.91. The van der Waals surface area contributed by atoms with Gasteiger partial charge in [0.25, 0.3) is 0 Å².